The average molecular weight is 558 g/mol. The molecular weight excluding hydrogens is 534 g/mol. The van der Waals surface area contributed by atoms with E-state index in [1.165, 1.54) is 12.1 Å². The molecule has 3 aromatic heterocycles. The SMILES string of the molecule is Cc1c(Nc2ncc(-c3ccc(CC(=O)Nc4cc(C5(C(F)(F)F)CC5)on4)c(F)c3)cn2)cnn1C1COC1. The second-order valence-electron chi connectivity index (χ2n) is 9.89. The number of benzene rings is 1. The van der Waals surface area contributed by atoms with Gasteiger partial charge in [-0.15, -0.1) is 0 Å². The van der Waals surface area contributed by atoms with Crippen molar-refractivity contribution in [1.82, 2.24) is 24.9 Å². The van der Waals surface area contributed by atoms with Gasteiger partial charge in [-0.25, -0.2) is 14.4 Å². The zero-order valence-corrected chi connectivity index (χ0v) is 21.1. The second kappa shape index (κ2) is 9.70. The first-order chi connectivity index (χ1) is 19.1. The number of amides is 1. The van der Waals surface area contributed by atoms with Gasteiger partial charge in [0.15, 0.2) is 11.6 Å². The summed E-state index contributed by atoms with van der Waals surface area (Å²) in [6.07, 6.45) is -0.209. The zero-order valence-electron chi connectivity index (χ0n) is 21.1. The zero-order chi connectivity index (χ0) is 28.1. The van der Waals surface area contributed by atoms with Crippen molar-refractivity contribution in [3.63, 3.8) is 0 Å². The molecule has 2 N–H and O–H groups in total. The molecule has 0 atom stereocenters. The van der Waals surface area contributed by atoms with E-state index in [-0.39, 0.29) is 42.4 Å². The summed E-state index contributed by atoms with van der Waals surface area (Å²) < 4.78 is 66.6. The van der Waals surface area contributed by atoms with E-state index in [9.17, 15) is 22.4 Å². The molecule has 0 bridgehead atoms. The normalized spacial score (nSPS) is 16.4. The molecule has 208 valence electrons. The molecule has 1 saturated carbocycles. The standard InChI is InChI=1S/C26H23F4N7O3/c1-14-20(11-33-37(14)18-12-39-13-18)34-24-31-9-17(10-32-24)15-2-3-16(19(27)6-15)7-23(38)35-22-8-21(40-36-22)25(4-5-25)26(28,29)30/h2-3,6,8-11,18H,4-5,7,12-13H2,1H3,(H,31,32,34)(H,35,36,38). The number of halogens is 4. The molecule has 0 unspecified atom stereocenters. The molecule has 10 nitrogen and oxygen atoms in total. The van der Waals surface area contributed by atoms with Gasteiger partial charge in [-0.3, -0.25) is 9.48 Å². The third-order valence-corrected chi connectivity index (χ3v) is 7.19. The first-order valence-corrected chi connectivity index (χ1v) is 12.5. The van der Waals surface area contributed by atoms with Crippen molar-refractivity contribution in [2.45, 2.75) is 43.8 Å². The molecule has 1 aliphatic heterocycles. The second-order valence-corrected chi connectivity index (χ2v) is 9.89. The summed E-state index contributed by atoms with van der Waals surface area (Å²) in [5, 5.41) is 13.4. The number of aromatic nitrogens is 5. The number of carbonyl (C=O) groups is 1. The number of carbonyl (C=O) groups excluding carboxylic acids is 1. The lowest BCUT2D eigenvalue weighted by molar-refractivity contribution is -0.165. The quantitative estimate of drug-likeness (QED) is 0.295. The third kappa shape index (κ3) is 4.78. The highest BCUT2D eigenvalue weighted by Crippen LogP contribution is 2.59. The molecule has 2 fully saturated rings. The molecule has 0 radical (unpaired) electrons. The van der Waals surface area contributed by atoms with Crippen LogP contribution < -0.4 is 10.6 Å². The number of ether oxygens (including phenoxy) is 1. The van der Waals surface area contributed by atoms with Gasteiger partial charge in [0.25, 0.3) is 0 Å². The fraction of sp³-hybridized carbons (Fsp3) is 0.346. The third-order valence-electron chi connectivity index (χ3n) is 7.19. The van der Waals surface area contributed by atoms with Crippen molar-refractivity contribution in [3.8, 4) is 11.1 Å². The Hall–Kier alpha value is -4.33. The molecule has 4 aromatic rings. The van der Waals surface area contributed by atoms with Crippen LogP contribution in [-0.4, -0.2) is 50.2 Å². The summed E-state index contributed by atoms with van der Waals surface area (Å²) in [6, 6.07) is 5.62. The number of rotatable bonds is 8. The fourth-order valence-electron chi connectivity index (χ4n) is 4.53. The maximum atomic E-state index is 14.8. The van der Waals surface area contributed by atoms with E-state index in [0.717, 1.165) is 17.4 Å². The van der Waals surface area contributed by atoms with Crippen molar-refractivity contribution in [3.05, 3.63) is 65.7 Å². The highest BCUT2D eigenvalue weighted by atomic mass is 19.4. The van der Waals surface area contributed by atoms with Crippen LogP contribution in [0.3, 0.4) is 0 Å². The van der Waals surface area contributed by atoms with Crippen LogP contribution in [0.15, 0.2) is 47.4 Å². The Labute approximate surface area is 224 Å². The van der Waals surface area contributed by atoms with Crippen LogP contribution in [0.1, 0.15) is 35.9 Å². The molecule has 1 saturated heterocycles. The Morgan fingerprint density at radius 1 is 1.12 bits per heavy atom. The summed E-state index contributed by atoms with van der Waals surface area (Å²) in [5.74, 6) is -1.43. The predicted octanol–water partition coefficient (Wildman–Crippen LogP) is 4.87. The lowest BCUT2D eigenvalue weighted by Crippen LogP contribution is -2.32. The topological polar surface area (TPSA) is 120 Å². The minimum Gasteiger partial charge on any atom is -0.377 e. The minimum absolute atomic E-state index is 0.0944. The van der Waals surface area contributed by atoms with Crippen LogP contribution in [0, 0.1) is 12.7 Å². The Kier molecular flexibility index (Phi) is 6.28. The Morgan fingerprint density at radius 3 is 2.50 bits per heavy atom. The molecule has 1 aliphatic carbocycles. The maximum absolute atomic E-state index is 14.8. The molecule has 40 heavy (non-hydrogen) atoms. The predicted molar refractivity (Wildman–Crippen MR) is 133 cm³/mol. The number of nitrogens with one attached hydrogen (secondary N) is 2. The van der Waals surface area contributed by atoms with E-state index in [2.05, 4.69) is 30.9 Å². The van der Waals surface area contributed by atoms with Crippen LogP contribution >= 0.6 is 0 Å². The van der Waals surface area contributed by atoms with E-state index < -0.39 is 23.3 Å². The lowest BCUT2D eigenvalue weighted by atomic mass is 10.0. The lowest BCUT2D eigenvalue weighted by Gasteiger charge is -2.27. The maximum Gasteiger partial charge on any atom is 0.401 e. The van der Waals surface area contributed by atoms with Gasteiger partial charge in [0.2, 0.25) is 11.9 Å². The van der Waals surface area contributed by atoms with Crippen LogP contribution in [-0.2, 0) is 21.4 Å². The first-order valence-electron chi connectivity index (χ1n) is 12.5. The van der Waals surface area contributed by atoms with Gasteiger partial charge in [0.1, 0.15) is 11.2 Å². The van der Waals surface area contributed by atoms with Crippen LogP contribution in [0.25, 0.3) is 11.1 Å². The highest BCUT2D eigenvalue weighted by Gasteiger charge is 2.66. The van der Waals surface area contributed by atoms with Gasteiger partial charge in [-0.2, -0.15) is 18.3 Å². The van der Waals surface area contributed by atoms with E-state index in [1.807, 2.05) is 11.6 Å². The number of alkyl halides is 3. The minimum atomic E-state index is -4.46. The summed E-state index contributed by atoms with van der Waals surface area (Å²) in [4.78, 5) is 21.0. The summed E-state index contributed by atoms with van der Waals surface area (Å²) >= 11 is 0. The van der Waals surface area contributed by atoms with E-state index in [4.69, 9.17) is 9.26 Å². The smallest absolute Gasteiger partial charge is 0.377 e. The van der Waals surface area contributed by atoms with E-state index >= 15 is 0 Å². The summed E-state index contributed by atoms with van der Waals surface area (Å²) in [7, 11) is 0. The average Bonchev–Trinajstić information content (AvgIpc) is 3.48. The van der Waals surface area contributed by atoms with Crippen LogP contribution in [0.4, 0.5) is 35.0 Å². The Balaban J connectivity index is 1.08. The molecule has 2 aliphatic rings. The Morgan fingerprint density at radius 2 is 1.88 bits per heavy atom. The van der Waals surface area contributed by atoms with Gasteiger partial charge < -0.3 is 19.9 Å². The van der Waals surface area contributed by atoms with Gasteiger partial charge in [-0.1, -0.05) is 17.3 Å². The largest absolute Gasteiger partial charge is 0.401 e. The molecule has 0 spiro atoms. The molecule has 6 rings (SSSR count). The van der Waals surface area contributed by atoms with Gasteiger partial charge in [0, 0.05) is 24.0 Å². The number of hydrogen-bond acceptors (Lipinski definition) is 8. The fourth-order valence-corrected chi connectivity index (χ4v) is 4.53. The molecule has 4 heterocycles. The monoisotopic (exact) mass is 557 g/mol. The van der Waals surface area contributed by atoms with Crippen molar-refractivity contribution in [2.75, 3.05) is 23.8 Å². The Bertz CT molecular complexity index is 1560. The van der Waals surface area contributed by atoms with Crippen molar-refractivity contribution in [1.29, 1.82) is 0 Å². The molecule has 14 heteroatoms. The van der Waals surface area contributed by atoms with Gasteiger partial charge in [0.05, 0.1) is 43.3 Å². The number of hydrogen-bond donors (Lipinski definition) is 2. The highest BCUT2D eigenvalue weighted by molar-refractivity contribution is 5.91. The molecule has 1 aromatic carbocycles. The molecule has 1 amide bonds. The number of anilines is 3. The summed E-state index contributed by atoms with van der Waals surface area (Å²) in [5.41, 5.74) is 0.819. The first kappa shape index (κ1) is 25.9. The van der Waals surface area contributed by atoms with E-state index in [0.29, 0.717) is 30.3 Å². The summed E-state index contributed by atoms with van der Waals surface area (Å²) in [6.45, 7) is 3.19. The van der Waals surface area contributed by atoms with Crippen molar-refractivity contribution >= 4 is 23.4 Å². The van der Waals surface area contributed by atoms with E-state index in [1.54, 1.807) is 24.7 Å². The van der Waals surface area contributed by atoms with Crippen molar-refractivity contribution < 1.29 is 31.6 Å². The van der Waals surface area contributed by atoms with Gasteiger partial charge >= 0.3 is 6.18 Å². The van der Waals surface area contributed by atoms with Crippen molar-refractivity contribution in [2.24, 2.45) is 0 Å². The van der Waals surface area contributed by atoms with Crippen LogP contribution in [0.5, 0.6) is 0 Å². The van der Waals surface area contributed by atoms with Gasteiger partial charge in [-0.05, 0) is 37.0 Å². The van der Waals surface area contributed by atoms with Crippen LogP contribution in [0.2, 0.25) is 0 Å². The molecular formula is C26H23F4N7O3. The number of nitrogens with zero attached hydrogens (tertiary/aromatic N) is 5.